The predicted molar refractivity (Wildman–Crippen MR) is 120 cm³/mol. The predicted octanol–water partition coefficient (Wildman–Crippen LogP) is 2.32. The van der Waals surface area contributed by atoms with Gasteiger partial charge in [-0.3, -0.25) is 4.79 Å². The lowest BCUT2D eigenvalue weighted by molar-refractivity contribution is -0.125. The van der Waals surface area contributed by atoms with E-state index < -0.39 is 0 Å². The number of nitrogens with one attached hydrogen (secondary N) is 1. The van der Waals surface area contributed by atoms with Crippen molar-refractivity contribution in [3.63, 3.8) is 0 Å². The maximum Gasteiger partial charge on any atom is 0.299 e. The molecule has 31 heavy (non-hydrogen) atoms. The second-order valence-electron chi connectivity index (χ2n) is 7.50. The van der Waals surface area contributed by atoms with Gasteiger partial charge in [-0.15, -0.1) is 0 Å². The van der Waals surface area contributed by atoms with Crippen molar-refractivity contribution < 1.29 is 9.53 Å². The minimum Gasteiger partial charge on any atom is -0.378 e. The van der Waals surface area contributed by atoms with E-state index in [1.807, 2.05) is 32.0 Å². The Balaban J connectivity index is 1.58. The summed E-state index contributed by atoms with van der Waals surface area (Å²) in [5.41, 5.74) is 6.93. The first kappa shape index (κ1) is 20.8. The number of amides is 1. The quantitative estimate of drug-likeness (QED) is 0.466. The summed E-state index contributed by atoms with van der Waals surface area (Å²) in [4.78, 5) is 25.7. The number of nitrogens with zero attached hydrogens (tertiary/aromatic N) is 5. The molecule has 1 aromatic carbocycles. The second kappa shape index (κ2) is 9.58. The smallest absolute Gasteiger partial charge is 0.299 e. The summed E-state index contributed by atoms with van der Waals surface area (Å²) in [5.74, 6) is 6.62. The Labute approximate surface area is 182 Å². The van der Waals surface area contributed by atoms with Gasteiger partial charge in [0.1, 0.15) is 5.82 Å². The molecule has 8 heteroatoms. The van der Waals surface area contributed by atoms with Crippen LogP contribution in [0, 0.1) is 18.8 Å². The first-order valence-electron chi connectivity index (χ1n) is 10.5. The van der Waals surface area contributed by atoms with Gasteiger partial charge in [0.05, 0.1) is 38.2 Å². The first-order chi connectivity index (χ1) is 15.1. The van der Waals surface area contributed by atoms with Crippen LogP contribution >= 0.6 is 0 Å². The number of aryl methyl sites for hydroxylation is 1. The molecule has 2 aromatic rings. The molecule has 0 spiro atoms. The fourth-order valence-corrected chi connectivity index (χ4v) is 3.63. The molecule has 1 fully saturated rings. The highest BCUT2D eigenvalue weighted by molar-refractivity contribution is 5.94. The summed E-state index contributed by atoms with van der Waals surface area (Å²) >= 11 is 0. The van der Waals surface area contributed by atoms with Crippen LogP contribution in [-0.4, -0.2) is 53.3 Å². The highest BCUT2D eigenvalue weighted by Crippen LogP contribution is 2.31. The molecule has 0 unspecified atom stereocenters. The number of ether oxygens (including phenoxy) is 1. The molecule has 1 N–H and O–H groups in total. The molecule has 0 radical (unpaired) electrons. The van der Waals surface area contributed by atoms with Crippen molar-refractivity contribution in [3.05, 3.63) is 46.6 Å². The monoisotopic (exact) mass is 418 g/mol. The maximum absolute atomic E-state index is 12.4. The van der Waals surface area contributed by atoms with E-state index in [1.54, 1.807) is 11.1 Å². The Morgan fingerprint density at radius 1 is 1.29 bits per heavy atom. The number of morpholine rings is 1. The van der Waals surface area contributed by atoms with Crippen LogP contribution in [0.15, 0.2) is 29.4 Å². The third-order valence-electron chi connectivity index (χ3n) is 5.15. The van der Waals surface area contributed by atoms with Gasteiger partial charge in [0.15, 0.2) is 0 Å². The summed E-state index contributed by atoms with van der Waals surface area (Å²) in [6.45, 7) is 7.65. The second-order valence-corrected chi connectivity index (χ2v) is 7.50. The summed E-state index contributed by atoms with van der Waals surface area (Å²) in [6.07, 6.45) is 2.40. The van der Waals surface area contributed by atoms with Crippen LogP contribution in [0.3, 0.4) is 0 Å². The van der Waals surface area contributed by atoms with E-state index in [2.05, 4.69) is 38.3 Å². The van der Waals surface area contributed by atoms with Crippen LogP contribution in [0.25, 0.3) is 0 Å². The molecule has 0 aliphatic carbocycles. The molecule has 160 valence electrons. The topological polar surface area (TPSA) is 83.0 Å². The van der Waals surface area contributed by atoms with Crippen LogP contribution in [0.5, 0.6) is 0 Å². The van der Waals surface area contributed by atoms with Crippen LogP contribution in [0.1, 0.15) is 35.7 Å². The van der Waals surface area contributed by atoms with Gasteiger partial charge in [-0.2, -0.15) is 10.1 Å². The van der Waals surface area contributed by atoms with Crippen LogP contribution in [0.4, 0.5) is 11.8 Å². The lowest BCUT2D eigenvalue weighted by Gasteiger charge is -2.29. The zero-order valence-electron chi connectivity index (χ0n) is 17.9. The van der Waals surface area contributed by atoms with Crippen LogP contribution in [0.2, 0.25) is 0 Å². The normalized spacial score (nSPS) is 15.5. The fraction of sp³-hybridized carbons (Fsp3) is 0.391. The van der Waals surface area contributed by atoms with Gasteiger partial charge >= 0.3 is 0 Å². The van der Waals surface area contributed by atoms with Crippen molar-refractivity contribution in [2.75, 3.05) is 36.6 Å². The van der Waals surface area contributed by atoms with Gasteiger partial charge in [-0.05, 0) is 18.4 Å². The number of hydrogen-bond acceptors (Lipinski definition) is 7. The third-order valence-corrected chi connectivity index (χ3v) is 5.15. The van der Waals surface area contributed by atoms with Crippen molar-refractivity contribution >= 4 is 23.9 Å². The van der Waals surface area contributed by atoms with E-state index in [9.17, 15) is 4.79 Å². The molecule has 8 nitrogen and oxygen atoms in total. The number of benzene rings is 1. The maximum atomic E-state index is 12.4. The summed E-state index contributed by atoms with van der Waals surface area (Å²) < 4.78 is 5.49. The van der Waals surface area contributed by atoms with Crippen LogP contribution < -0.4 is 10.3 Å². The number of aromatic nitrogens is 2. The Morgan fingerprint density at radius 3 is 2.90 bits per heavy atom. The molecule has 1 aromatic heterocycles. The average molecular weight is 419 g/mol. The van der Waals surface area contributed by atoms with Crippen molar-refractivity contribution in [1.29, 1.82) is 0 Å². The van der Waals surface area contributed by atoms with Gasteiger partial charge in [0.2, 0.25) is 5.95 Å². The van der Waals surface area contributed by atoms with Crippen molar-refractivity contribution in [2.24, 2.45) is 5.10 Å². The van der Waals surface area contributed by atoms with E-state index in [-0.39, 0.29) is 5.91 Å². The number of hydrogen-bond donors (Lipinski definition) is 1. The summed E-state index contributed by atoms with van der Waals surface area (Å²) in [6, 6.07) is 8.07. The van der Waals surface area contributed by atoms with E-state index in [0.29, 0.717) is 38.7 Å². The number of fused-ring (bicyclic) bond motifs is 1. The average Bonchev–Trinajstić information content (AvgIpc) is 3.22. The third kappa shape index (κ3) is 5.01. The number of carbonyl (C=O) groups is 1. The van der Waals surface area contributed by atoms with E-state index in [1.165, 1.54) is 5.56 Å². The lowest BCUT2D eigenvalue weighted by atomic mass is 10.2. The Bertz CT molecular complexity index is 1050. The molecule has 1 saturated heterocycles. The number of hydrazone groups is 1. The van der Waals surface area contributed by atoms with E-state index in [0.717, 1.165) is 35.7 Å². The molecule has 0 bridgehead atoms. The standard InChI is InChI=1S/C23H26N6O2/c1-3-4-8-21(30)29-15-19-20(16-29)25-23(26-22(19)28-9-11-31-12-10-28)27-24-14-18-7-5-6-17(2)13-18/h5-7,13-14H,3,9-12,15-16H2,1-2H3,(H,25,26,27)/b24-14+. The molecule has 0 atom stereocenters. The molecular formula is C23H26N6O2. The Morgan fingerprint density at radius 2 is 2.13 bits per heavy atom. The van der Waals surface area contributed by atoms with E-state index >= 15 is 0 Å². The minimum absolute atomic E-state index is 0.181. The fourth-order valence-electron chi connectivity index (χ4n) is 3.63. The van der Waals surface area contributed by atoms with Crippen LogP contribution in [-0.2, 0) is 22.6 Å². The molecular weight excluding hydrogens is 392 g/mol. The first-order valence-corrected chi connectivity index (χ1v) is 10.5. The SMILES string of the molecule is CCC#CC(=O)N1Cc2nc(N/N=C/c3cccc(C)c3)nc(N3CCOCC3)c2C1. The molecule has 0 saturated carbocycles. The minimum atomic E-state index is -0.181. The molecule has 3 heterocycles. The zero-order chi connectivity index (χ0) is 21.6. The van der Waals surface area contributed by atoms with Gasteiger partial charge < -0.3 is 14.5 Å². The number of anilines is 2. The molecule has 1 amide bonds. The highest BCUT2D eigenvalue weighted by atomic mass is 16.5. The van der Waals surface area contributed by atoms with Gasteiger partial charge in [-0.1, -0.05) is 42.7 Å². The van der Waals surface area contributed by atoms with E-state index in [4.69, 9.17) is 9.72 Å². The van der Waals surface area contributed by atoms with Crippen molar-refractivity contribution in [1.82, 2.24) is 14.9 Å². The van der Waals surface area contributed by atoms with Gasteiger partial charge in [-0.25, -0.2) is 10.4 Å². The largest absolute Gasteiger partial charge is 0.378 e. The Kier molecular flexibility index (Phi) is 6.43. The number of carbonyl (C=O) groups excluding carboxylic acids is 1. The van der Waals surface area contributed by atoms with Gasteiger partial charge in [0.25, 0.3) is 5.91 Å². The van der Waals surface area contributed by atoms with Crippen molar-refractivity contribution in [2.45, 2.75) is 33.4 Å². The molecule has 4 rings (SSSR count). The highest BCUT2D eigenvalue weighted by Gasteiger charge is 2.30. The molecule has 2 aliphatic heterocycles. The number of rotatable bonds is 4. The van der Waals surface area contributed by atoms with Gasteiger partial charge in [0, 0.05) is 25.1 Å². The lowest BCUT2D eigenvalue weighted by Crippen LogP contribution is -2.37. The molecule has 2 aliphatic rings. The zero-order valence-corrected chi connectivity index (χ0v) is 17.9. The summed E-state index contributed by atoms with van der Waals surface area (Å²) in [7, 11) is 0. The summed E-state index contributed by atoms with van der Waals surface area (Å²) in [5, 5.41) is 4.31. The Hall–Kier alpha value is -3.44. The van der Waals surface area contributed by atoms with Crippen molar-refractivity contribution in [3.8, 4) is 11.8 Å².